The Morgan fingerprint density at radius 2 is 2.10 bits per heavy atom. The Morgan fingerprint density at radius 1 is 1.45 bits per heavy atom. The fraction of sp³-hybridized carbons (Fsp3) is 0.357. The molecule has 20 heavy (non-hydrogen) atoms. The number of halogens is 3. The molecule has 0 saturated heterocycles. The van der Waals surface area contributed by atoms with Gasteiger partial charge >= 0.3 is 6.18 Å². The molecule has 3 nitrogen and oxygen atoms in total. The fourth-order valence-corrected chi connectivity index (χ4v) is 1.86. The second-order valence-electron chi connectivity index (χ2n) is 4.40. The van der Waals surface area contributed by atoms with Crippen molar-refractivity contribution in [3.8, 4) is 11.8 Å². The maximum atomic E-state index is 12.1. The molecule has 0 aliphatic rings. The summed E-state index contributed by atoms with van der Waals surface area (Å²) in [6.45, 7) is 3.68. The summed E-state index contributed by atoms with van der Waals surface area (Å²) in [6, 6.07) is 6.45. The van der Waals surface area contributed by atoms with Gasteiger partial charge in [-0.1, -0.05) is 18.7 Å². The molecule has 0 amide bonds. The second-order valence-corrected chi connectivity index (χ2v) is 4.40. The minimum Gasteiger partial charge on any atom is -0.506 e. The van der Waals surface area contributed by atoms with E-state index in [1.54, 1.807) is 19.2 Å². The van der Waals surface area contributed by atoms with Gasteiger partial charge in [-0.2, -0.15) is 18.4 Å². The lowest BCUT2D eigenvalue weighted by Gasteiger charge is -2.23. The van der Waals surface area contributed by atoms with E-state index in [4.69, 9.17) is 5.26 Å². The number of allylic oxidation sites excluding steroid dienone is 1. The maximum Gasteiger partial charge on any atom is 0.389 e. The number of nitriles is 1. The molecule has 1 rings (SSSR count). The number of anilines is 1. The number of alkyl halides is 3. The number of aromatic hydroxyl groups is 1. The van der Waals surface area contributed by atoms with Crippen molar-refractivity contribution in [2.45, 2.75) is 19.0 Å². The Hall–Kier alpha value is -2.16. The number of rotatable bonds is 5. The predicted molar refractivity (Wildman–Crippen MR) is 71.3 cm³/mol. The van der Waals surface area contributed by atoms with Crippen molar-refractivity contribution < 1.29 is 18.3 Å². The number of benzene rings is 1. The molecule has 1 N–H and O–H groups in total. The van der Waals surface area contributed by atoms with Crippen LogP contribution in [-0.2, 0) is 0 Å². The number of hydrogen-bond donors (Lipinski definition) is 1. The topological polar surface area (TPSA) is 47.3 Å². The van der Waals surface area contributed by atoms with Gasteiger partial charge in [-0.3, -0.25) is 0 Å². The first-order valence-corrected chi connectivity index (χ1v) is 5.95. The van der Waals surface area contributed by atoms with E-state index >= 15 is 0 Å². The van der Waals surface area contributed by atoms with E-state index in [-0.39, 0.29) is 24.3 Å². The second kappa shape index (κ2) is 6.33. The summed E-state index contributed by atoms with van der Waals surface area (Å²) in [5, 5.41) is 18.7. The molecule has 6 heteroatoms. The molecule has 0 atom stereocenters. The lowest BCUT2D eigenvalue weighted by Crippen LogP contribution is -2.21. The van der Waals surface area contributed by atoms with E-state index in [1.165, 1.54) is 11.0 Å². The monoisotopic (exact) mass is 284 g/mol. The van der Waals surface area contributed by atoms with Crippen molar-refractivity contribution >= 4 is 11.3 Å². The van der Waals surface area contributed by atoms with Crippen LogP contribution < -0.4 is 4.90 Å². The average molecular weight is 284 g/mol. The average Bonchev–Trinajstić information content (AvgIpc) is 2.35. The quantitative estimate of drug-likeness (QED) is 0.838. The zero-order chi connectivity index (χ0) is 15.3. The molecule has 108 valence electrons. The molecule has 0 bridgehead atoms. The summed E-state index contributed by atoms with van der Waals surface area (Å²) in [5.41, 5.74) is 0.891. The molecule has 0 aliphatic heterocycles. The van der Waals surface area contributed by atoms with Crippen LogP contribution in [0.2, 0.25) is 0 Å². The molecular formula is C14H15F3N2O. The van der Waals surface area contributed by atoms with Crippen LogP contribution in [0.4, 0.5) is 18.9 Å². The Labute approximate surface area is 115 Å². The molecular weight excluding hydrogens is 269 g/mol. The molecule has 0 radical (unpaired) electrons. The van der Waals surface area contributed by atoms with Crippen molar-refractivity contribution in [2.24, 2.45) is 0 Å². The van der Waals surface area contributed by atoms with Gasteiger partial charge in [-0.15, -0.1) is 0 Å². The predicted octanol–water partition coefficient (Wildman–Crippen LogP) is 3.71. The zero-order valence-corrected chi connectivity index (χ0v) is 11.0. The number of phenolic OH excluding ortho intramolecular Hbond substituents is 1. The highest BCUT2D eigenvalue weighted by atomic mass is 19.4. The van der Waals surface area contributed by atoms with E-state index in [2.05, 4.69) is 6.58 Å². The van der Waals surface area contributed by atoms with Crippen molar-refractivity contribution in [2.75, 3.05) is 18.5 Å². The summed E-state index contributed by atoms with van der Waals surface area (Å²) in [4.78, 5) is 1.50. The Balaban J connectivity index is 2.90. The summed E-state index contributed by atoms with van der Waals surface area (Å²) in [6.07, 6.45) is -5.18. The first-order valence-electron chi connectivity index (χ1n) is 5.95. The number of hydrogen-bond acceptors (Lipinski definition) is 3. The van der Waals surface area contributed by atoms with Crippen LogP contribution in [0.3, 0.4) is 0 Å². The van der Waals surface area contributed by atoms with Crippen LogP contribution in [-0.4, -0.2) is 24.9 Å². The van der Waals surface area contributed by atoms with E-state index in [1.807, 2.05) is 6.07 Å². The normalized spacial score (nSPS) is 10.9. The van der Waals surface area contributed by atoms with E-state index in [0.717, 1.165) is 0 Å². The smallest absolute Gasteiger partial charge is 0.389 e. The summed E-state index contributed by atoms with van der Waals surface area (Å²) < 4.78 is 36.4. The van der Waals surface area contributed by atoms with Crippen molar-refractivity contribution in [1.29, 1.82) is 5.26 Å². The molecule has 0 aliphatic carbocycles. The Bertz CT molecular complexity index is 532. The zero-order valence-electron chi connectivity index (χ0n) is 11.0. The number of para-hydroxylation sites is 1. The van der Waals surface area contributed by atoms with Crippen LogP contribution in [0, 0.1) is 11.3 Å². The first-order chi connectivity index (χ1) is 9.26. The highest BCUT2D eigenvalue weighted by Gasteiger charge is 2.26. The Kier molecular flexibility index (Phi) is 5.03. The van der Waals surface area contributed by atoms with Crippen LogP contribution in [0.15, 0.2) is 24.8 Å². The van der Waals surface area contributed by atoms with Gasteiger partial charge in [-0.05, 0) is 12.5 Å². The van der Waals surface area contributed by atoms with Gasteiger partial charge in [0.2, 0.25) is 0 Å². The fourth-order valence-electron chi connectivity index (χ4n) is 1.86. The van der Waals surface area contributed by atoms with Crippen LogP contribution in [0.1, 0.15) is 18.4 Å². The third kappa shape index (κ3) is 4.19. The lowest BCUT2D eigenvalue weighted by molar-refractivity contribution is -0.135. The molecule has 0 fully saturated rings. The van der Waals surface area contributed by atoms with Gasteiger partial charge in [0.1, 0.15) is 5.75 Å². The van der Waals surface area contributed by atoms with Crippen LogP contribution in [0.5, 0.6) is 5.75 Å². The van der Waals surface area contributed by atoms with E-state index in [0.29, 0.717) is 11.3 Å². The summed E-state index contributed by atoms with van der Waals surface area (Å²) >= 11 is 0. The van der Waals surface area contributed by atoms with Crippen molar-refractivity contribution in [3.63, 3.8) is 0 Å². The highest BCUT2D eigenvalue weighted by Crippen LogP contribution is 2.34. The first kappa shape index (κ1) is 15.9. The lowest BCUT2D eigenvalue weighted by atomic mass is 10.0. The molecule has 0 spiro atoms. The Morgan fingerprint density at radius 3 is 2.65 bits per heavy atom. The van der Waals surface area contributed by atoms with Gasteiger partial charge in [0.25, 0.3) is 0 Å². The molecule has 1 aromatic rings. The van der Waals surface area contributed by atoms with Crippen LogP contribution in [0.25, 0.3) is 5.57 Å². The van der Waals surface area contributed by atoms with Crippen molar-refractivity contribution in [1.82, 2.24) is 0 Å². The number of phenols is 1. The maximum absolute atomic E-state index is 12.1. The van der Waals surface area contributed by atoms with E-state index in [9.17, 15) is 18.3 Å². The van der Waals surface area contributed by atoms with E-state index < -0.39 is 12.6 Å². The SMILES string of the molecule is C=C(C#N)c1cccc(O)c1N(C)CCCC(F)(F)F. The van der Waals surface area contributed by atoms with Gasteiger partial charge in [0.15, 0.2) is 0 Å². The van der Waals surface area contributed by atoms with Gasteiger partial charge in [0.05, 0.1) is 17.3 Å². The van der Waals surface area contributed by atoms with Gasteiger partial charge in [-0.25, -0.2) is 0 Å². The molecule has 1 aromatic carbocycles. The third-order valence-electron chi connectivity index (χ3n) is 2.81. The third-order valence-corrected chi connectivity index (χ3v) is 2.81. The van der Waals surface area contributed by atoms with Gasteiger partial charge in [0, 0.05) is 25.6 Å². The van der Waals surface area contributed by atoms with Crippen LogP contribution >= 0.6 is 0 Å². The highest BCUT2D eigenvalue weighted by molar-refractivity contribution is 5.85. The standard InChI is InChI=1S/C14H15F3N2O/c1-10(9-18)11-5-3-6-12(20)13(11)19(2)8-4-7-14(15,16)17/h3,5-6,20H,1,4,7-8H2,2H3. The summed E-state index contributed by atoms with van der Waals surface area (Å²) in [7, 11) is 1.57. The molecule has 0 saturated carbocycles. The van der Waals surface area contributed by atoms with Crippen molar-refractivity contribution in [3.05, 3.63) is 30.3 Å². The van der Waals surface area contributed by atoms with Gasteiger partial charge < -0.3 is 10.0 Å². The minimum absolute atomic E-state index is 0.0894. The molecule has 0 aromatic heterocycles. The minimum atomic E-state index is -4.20. The largest absolute Gasteiger partial charge is 0.506 e. The molecule has 0 heterocycles. The summed E-state index contributed by atoms with van der Waals surface area (Å²) in [5.74, 6) is -0.0894. The molecule has 0 unspecified atom stereocenters. The number of nitrogens with zero attached hydrogens (tertiary/aromatic N) is 2.